The first-order valence-electron chi connectivity index (χ1n) is 9.93. The highest BCUT2D eigenvalue weighted by molar-refractivity contribution is 5.92. The van der Waals surface area contributed by atoms with E-state index >= 15 is 0 Å². The Morgan fingerprint density at radius 2 is 2.07 bits per heavy atom. The van der Waals surface area contributed by atoms with Crippen LogP contribution >= 0.6 is 0 Å². The first-order valence-corrected chi connectivity index (χ1v) is 9.93. The van der Waals surface area contributed by atoms with Crippen LogP contribution in [0.1, 0.15) is 35.4 Å². The topological polar surface area (TPSA) is 56.6 Å². The van der Waals surface area contributed by atoms with Crippen LogP contribution in [-0.2, 0) is 7.05 Å². The van der Waals surface area contributed by atoms with Gasteiger partial charge in [-0.15, -0.1) is 0 Å². The van der Waals surface area contributed by atoms with Crippen LogP contribution in [0.2, 0.25) is 0 Å². The molecule has 0 fully saturated rings. The molecule has 2 aromatic rings. The van der Waals surface area contributed by atoms with Gasteiger partial charge in [0.15, 0.2) is 23.3 Å². The lowest BCUT2D eigenvalue weighted by atomic mass is 9.93. The minimum absolute atomic E-state index is 0.0410. The number of rotatable bonds is 5. The van der Waals surface area contributed by atoms with E-state index < -0.39 is 0 Å². The summed E-state index contributed by atoms with van der Waals surface area (Å²) >= 11 is 0. The molecule has 148 valence electrons. The molecule has 2 atom stereocenters. The van der Waals surface area contributed by atoms with Gasteiger partial charge in [0, 0.05) is 19.3 Å². The van der Waals surface area contributed by atoms with Crippen molar-refractivity contribution in [1.82, 2.24) is 14.7 Å². The quantitative estimate of drug-likeness (QED) is 0.745. The average molecular weight is 381 g/mol. The molecular formula is C22H27N3O3. The Balaban J connectivity index is 1.51. The molecule has 0 spiro atoms. The van der Waals surface area contributed by atoms with Gasteiger partial charge in [-0.2, -0.15) is 5.10 Å². The van der Waals surface area contributed by atoms with Gasteiger partial charge in [0.1, 0.15) is 6.61 Å². The van der Waals surface area contributed by atoms with Gasteiger partial charge < -0.3 is 14.4 Å². The van der Waals surface area contributed by atoms with Crippen molar-refractivity contribution in [3.8, 4) is 11.5 Å². The molecule has 6 nitrogen and oxygen atoms in total. The first kappa shape index (κ1) is 18.6. The second kappa shape index (κ2) is 8.09. The van der Waals surface area contributed by atoms with Crippen LogP contribution < -0.4 is 9.47 Å². The number of aryl methyl sites for hydroxylation is 2. The van der Waals surface area contributed by atoms with Crippen molar-refractivity contribution in [3.05, 3.63) is 53.9 Å². The first-order chi connectivity index (χ1) is 13.6. The fraction of sp³-hybridized carbons (Fsp3) is 0.455. The summed E-state index contributed by atoms with van der Waals surface area (Å²) in [5.74, 6) is 1.92. The lowest BCUT2D eigenvalue weighted by Gasteiger charge is -2.33. The number of nitrogens with zero attached hydrogens (tertiary/aromatic N) is 3. The average Bonchev–Trinajstić information content (AvgIpc) is 3.06. The second-order valence-electron chi connectivity index (χ2n) is 7.65. The number of amides is 1. The van der Waals surface area contributed by atoms with E-state index in [0.717, 1.165) is 36.5 Å². The van der Waals surface area contributed by atoms with Gasteiger partial charge in [-0.3, -0.25) is 9.48 Å². The molecule has 0 unspecified atom stereocenters. The Bertz CT molecular complexity index is 854. The van der Waals surface area contributed by atoms with E-state index in [-0.39, 0.29) is 12.0 Å². The number of hydrogen-bond donors (Lipinski definition) is 0. The summed E-state index contributed by atoms with van der Waals surface area (Å²) in [5, 5.41) is 4.39. The number of carbonyl (C=O) groups is 1. The maximum absolute atomic E-state index is 13.2. The predicted octanol–water partition coefficient (Wildman–Crippen LogP) is 3.37. The fourth-order valence-corrected chi connectivity index (χ4v) is 3.80. The van der Waals surface area contributed by atoms with Gasteiger partial charge in [0.25, 0.3) is 5.91 Å². The normalized spacial score (nSPS) is 20.8. The van der Waals surface area contributed by atoms with Crippen LogP contribution in [0.25, 0.3) is 0 Å². The molecule has 0 radical (unpaired) electrons. The van der Waals surface area contributed by atoms with Crippen LogP contribution in [-0.4, -0.2) is 46.4 Å². The Hall–Kier alpha value is -2.76. The number of ether oxygens (including phenoxy) is 2. The highest BCUT2D eigenvalue weighted by atomic mass is 16.6. The van der Waals surface area contributed by atoms with Gasteiger partial charge in [-0.1, -0.05) is 24.3 Å². The monoisotopic (exact) mass is 381 g/mol. The Morgan fingerprint density at radius 1 is 1.25 bits per heavy atom. The van der Waals surface area contributed by atoms with Gasteiger partial charge in [-0.25, -0.2) is 0 Å². The maximum Gasteiger partial charge on any atom is 0.274 e. The van der Waals surface area contributed by atoms with Crippen LogP contribution in [0, 0.1) is 12.8 Å². The summed E-state index contributed by atoms with van der Waals surface area (Å²) in [6.45, 7) is 3.59. The summed E-state index contributed by atoms with van der Waals surface area (Å²) in [5.41, 5.74) is 1.46. The van der Waals surface area contributed by atoms with Crippen molar-refractivity contribution in [1.29, 1.82) is 0 Å². The number of fused-ring (bicyclic) bond motifs is 1. The molecule has 6 heteroatoms. The van der Waals surface area contributed by atoms with Gasteiger partial charge in [0.2, 0.25) is 0 Å². The number of aromatic nitrogens is 2. The zero-order valence-electron chi connectivity index (χ0n) is 16.5. The van der Waals surface area contributed by atoms with Crippen LogP contribution in [0.3, 0.4) is 0 Å². The Morgan fingerprint density at radius 3 is 2.79 bits per heavy atom. The van der Waals surface area contributed by atoms with Crippen molar-refractivity contribution >= 4 is 5.91 Å². The third-order valence-electron chi connectivity index (χ3n) is 5.47. The third kappa shape index (κ3) is 4.06. The summed E-state index contributed by atoms with van der Waals surface area (Å²) in [7, 11) is 1.86. The minimum atomic E-state index is -0.192. The fourth-order valence-electron chi connectivity index (χ4n) is 3.80. The van der Waals surface area contributed by atoms with Gasteiger partial charge >= 0.3 is 0 Å². The number of hydrogen-bond acceptors (Lipinski definition) is 4. The Kier molecular flexibility index (Phi) is 5.37. The standard InChI is InChI=1S/C22H27N3O3/c1-16-12-19(23-24(16)2)22(26)25(13-17-8-4-3-5-9-17)14-18-15-27-20-10-6-7-11-21(20)28-18/h3-4,6-7,10-12,17-18H,5,8-9,13-15H2,1-2H3/t17-,18-/m0/s1. The van der Waals surface area contributed by atoms with Crippen LogP contribution in [0.15, 0.2) is 42.5 Å². The van der Waals surface area contributed by atoms with Gasteiger partial charge in [0.05, 0.1) is 6.54 Å². The maximum atomic E-state index is 13.2. The minimum Gasteiger partial charge on any atom is -0.486 e. The van der Waals surface area contributed by atoms with Gasteiger partial charge in [-0.05, 0) is 50.3 Å². The molecule has 0 saturated heterocycles. The molecule has 0 bridgehead atoms. The van der Waals surface area contributed by atoms with Crippen molar-refractivity contribution in [2.75, 3.05) is 19.7 Å². The molecule has 2 aliphatic rings. The lowest BCUT2D eigenvalue weighted by molar-refractivity contribution is 0.0418. The van der Waals surface area contributed by atoms with E-state index in [1.54, 1.807) is 4.68 Å². The van der Waals surface area contributed by atoms with E-state index in [0.29, 0.717) is 31.3 Å². The third-order valence-corrected chi connectivity index (χ3v) is 5.47. The Labute approximate surface area is 165 Å². The largest absolute Gasteiger partial charge is 0.486 e. The highest BCUT2D eigenvalue weighted by Crippen LogP contribution is 2.31. The lowest BCUT2D eigenvalue weighted by Crippen LogP contribution is -2.45. The molecule has 1 aromatic heterocycles. The molecule has 2 heterocycles. The molecule has 0 saturated carbocycles. The highest BCUT2D eigenvalue weighted by Gasteiger charge is 2.29. The number of allylic oxidation sites excluding steroid dienone is 2. The summed E-state index contributed by atoms with van der Waals surface area (Å²) in [4.78, 5) is 15.1. The molecule has 1 aromatic carbocycles. The number of carbonyl (C=O) groups excluding carboxylic acids is 1. The second-order valence-corrected chi connectivity index (χ2v) is 7.65. The molecular weight excluding hydrogens is 354 g/mol. The summed E-state index contributed by atoms with van der Waals surface area (Å²) < 4.78 is 13.7. The predicted molar refractivity (Wildman–Crippen MR) is 107 cm³/mol. The van der Waals surface area contributed by atoms with E-state index in [9.17, 15) is 4.79 Å². The smallest absolute Gasteiger partial charge is 0.274 e. The van der Waals surface area contributed by atoms with Crippen LogP contribution in [0.5, 0.6) is 11.5 Å². The van der Waals surface area contributed by atoms with Crippen molar-refractivity contribution < 1.29 is 14.3 Å². The zero-order valence-corrected chi connectivity index (χ0v) is 16.5. The van der Waals surface area contributed by atoms with Crippen molar-refractivity contribution in [2.24, 2.45) is 13.0 Å². The van der Waals surface area contributed by atoms with Crippen LogP contribution in [0.4, 0.5) is 0 Å². The van der Waals surface area contributed by atoms with E-state index in [4.69, 9.17) is 9.47 Å². The molecule has 1 aliphatic carbocycles. The molecule has 1 amide bonds. The molecule has 28 heavy (non-hydrogen) atoms. The number of para-hydroxylation sites is 2. The zero-order chi connectivity index (χ0) is 19.5. The van der Waals surface area contributed by atoms with E-state index in [1.165, 1.54) is 0 Å². The van der Waals surface area contributed by atoms with Crippen molar-refractivity contribution in [2.45, 2.75) is 32.3 Å². The SMILES string of the molecule is Cc1cc(C(=O)N(C[C@H]2CC=CCC2)C[C@H]2COc3ccccc3O2)nn1C. The summed E-state index contributed by atoms with van der Waals surface area (Å²) in [6, 6.07) is 9.52. The molecule has 1 aliphatic heterocycles. The molecule has 0 N–H and O–H groups in total. The molecule has 4 rings (SSSR count). The van der Waals surface area contributed by atoms with E-state index in [1.807, 2.05) is 49.2 Å². The summed E-state index contributed by atoms with van der Waals surface area (Å²) in [6.07, 6.45) is 7.44. The van der Waals surface area contributed by atoms with Crippen molar-refractivity contribution in [3.63, 3.8) is 0 Å². The van der Waals surface area contributed by atoms with E-state index in [2.05, 4.69) is 17.3 Å². The number of benzene rings is 1.